The molecule has 1 aliphatic rings. The van der Waals surface area contributed by atoms with Crippen molar-refractivity contribution >= 4 is 17.3 Å². The van der Waals surface area contributed by atoms with Gasteiger partial charge in [0.05, 0.1) is 6.04 Å². The summed E-state index contributed by atoms with van der Waals surface area (Å²) >= 11 is 1.73. The number of carboxylic acid groups (broad SMARTS) is 1. The zero-order valence-electron chi connectivity index (χ0n) is 16.5. The molecule has 1 saturated heterocycles. The largest absolute Gasteiger partial charge is 0.480 e. The predicted molar refractivity (Wildman–Crippen MR) is 116 cm³/mol. The van der Waals surface area contributed by atoms with Crippen LogP contribution in [0, 0.1) is 6.92 Å². The number of para-hydroxylation sites is 1. The van der Waals surface area contributed by atoms with Crippen LogP contribution in [0.5, 0.6) is 11.5 Å². The molecule has 2 atom stereocenters. The molecule has 1 fully saturated rings. The van der Waals surface area contributed by atoms with Crippen LogP contribution in [0.25, 0.3) is 0 Å². The maximum absolute atomic E-state index is 12.0. The Morgan fingerprint density at radius 2 is 1.86 bits per heavy atom. The molecular formula is C24H25NO3S. The van der Waals surface area contributed by atoms with Gasteiger partial charge in [0.1, 0.15) is 17.5 Å². The van der Waals surface area contributed by atoms with Crippen LogP contribution in [0.3, 0.4) is 0 Å². The minimum atomic E-state index is -0.736. The van der Waals surface area contributed by atoms with E-state index in [0.29, 0.717) is 6.42 Å². The van der Waals surface area contributed by atoms with Crippen molar-refractivity contribution in [3.05, 3.63) is 82.0 Å². The van der Waals surface area contributed by atoms with Crippen LogP contribution in [0.2, 0.25) is 0 Å². The monoisotopic (exact) mass is 407 g/mol. The van der Waals surface area contributed by atoms with Gasteiger partial charge >= 0.3 is 5.97 Å². The highest BCUT2D eigenvalue weighted by atomic mass is 32.1. The molecule has 2 aromatic carbocycles. The van der Waals surface area contributed by atoms with Gasteiger partial charge in [-0.05, 0) is 68.3 Å². The number of hydrogen-bond acceptors (Lipinski definition) is 4. The molecule has 0 bridgehead atoms. The number of piperidine rings is 1. The Kier molecular flexibility index (Phi) is 5.97. The molecule has 0 radical (unpaired) electrons. The first-order valence-corrected chi connectivity index (χ1v) is 10.8. The van der Waals surface area contributed by atoms with Crippen LogP contribution in [-0.2, 0) is 4.79 Å². The van der Waals surface area contributed by atoms with E-state index in [1.165, 1.54) is 9.75 Å². The lowest BCUT2D eigenvalue weighted by Gasteiger charge is -2.39. The molecule has 1 N–H and O–H groups in total. The highest BCUT2D eigenvalue weighted by Crippen LogP contribution is 2.38. The average molecular weight is 408 g/mol. The molecule has 1 aromatic heterocycles. The second-order valence-electron chi connectivity index (χ2n) is 7.43. The lowest BCUT2D eigenvalue weighted by molar-refractivity contribution is -0.145. The van der Waals surface area contributed by atoms with Crippen LogP contribution in [0.4, 0.5) is 0 Å². The maximum Gasteiger partial charge on any atom is 0.320 e. The third kappa shape index (κ3) is 4.52. The van der Waals surface area contributed by atoms with E-state index >= 15 is 0 Å². The van der Waals surface area contributed by atoms with Gasteiger partial charge in [-0.2, -0.15) is 0 Å². The fourth-order valence-electron chi connectivity index (χ4n) is 4.02. The number of rotatable bonds is 6. The van der Waals surface area contributed by atoms with Gasteiger partial charge in [0, 0.05) is 9.75 Å². The minimum Gasteiger partial charge on any atom is -0.480 e. The molecule has 4 nitrogen and oxygen atoms in total. The number of aliphatic carboxylic acids is 1. The summed E-state index contributed by atoms with van der Waals surface area (Å²) in [5, 5.41) is 9.84. The highest BCUT2D eigenvalue weighted by Gasteiger charge is 2.35. The number of aryl methyl sites for hydroxylation is 1. The molecule has 0 saturated carbocycles. The highest BCUT2D eigenvalue weighted by molar-refractivity contribution is 7.12. The summed E-state index contributed by atoms with van der Waals surface area (Å²) in [7, 11) is 0. The number of hydrogen-bond donors (Lipinski definition) is 1. The van der Waals surface area contributed by atoms with Gasteiger partial charge in [-0.15, -0.1) is 11.3 Å². The van der Waals surface area contributed by atoms with Crippen LogP contribution >= 0.6 is 11.3 Å². The van der Waals surface area contributed by atoms with E-state index in [9.17, 15) is 9.90 Å². The first-order chi connectivity index (χ1) is 14.1. The van der Waals surface area contributed by atoms with Gasteiger partial charge in [0.2, 0.25) is 0 Å². The molecule has 2 unspecified atom stereocenters. The molecule has 5 heteroatoms. The van der Waals surface area contributed by atoms with E-state index in [0.717, 1.165) is 36.4 Å². The zero-order valence-corrected chi connectivity index (χ0v) is 17.3. The van der Waals surface area contributed by atoms with E-state index in [-0.39, 0.29) is 6.04 Å². The number of thiophene rings is 1. The smallest absolute Gasteiger partial charge is 0.320 e. The predicted octanol–water partition coefficient (Wildman–Crippen LogP) is 5.88. The quantitative estimate of drug-likeness (QED) is 0.555. The molecule has 0 amide bonds. The molecule has 4 rings (SSSR count). The second-order valence-corrected chi connectivity index (χ2v) is 8.75. The van der Waals surface area contributed by atoms with Crippen molar-refractivity contribution in [3.63, 3.8) is 0 Å². The first-order valence-electron chi connectivity index (χ1n) is 9.99. The van der Waals surface area contributed by atoms with Crippen LogP contribution in [-0.4, -0.2) is 28.6 Å². The Morgan fingerprint density at radius 1 is 1.07 bits per heavy atom. The minimum absolute atomic E-state index is 0.0885. The number of carboxylic acids is 1. The zero-order chi connectivity index (χ0) is 20.2. The summed E-state index contributed by atoms with van der Waals surface area (Å²) in [5.41, 5.74) is 1.06. The average Bonchev–Trinajstić information content (AvgIpc) is 3.15. The van der Waals surface area contributed by atoms with Crippen molar-refractivity contribution in [2.75, 3.05) is 6.54 Å². The van der Waals surface area contributed by atoms with Crippen LogP contribution < -0.4 is 4.74 Å². The van der Waals surface area contributed by atoms with Gasteiger partial charge in [-0.3, -0.25) is 9.69 Å². The van der Waals surface area contributed by atoms with Crippen molar-refractivity contribution < 1.29 is 14.6 Å². The van der Waals surface area contributed by atoms with Gasteiger partial charge in [0.15, 0.2) is 0 Å². The fraction of sp³-hybridized carbons (Fsp3) is 0.292. The maximum atomic E-state index is 12.0. The summed E-state index contributed by atoms with van der Waals surface area (Å²) < 4.78 is 6.04. The number of ether oxygens (including phenoxy) is 1. The summed E-state index contributed by atoms with van der Waals surface area (Å²) in [6.07, 6.45) is 2.67. The first kappa shape index (κ1) is 19.7. The van der Waals surface area contributed by atoms with E-state index in [2.05, 4.69) is 30.0 Å². The normalized spacial score (nSPS) is 18.3. The summed E-state index contributed by atoms with van der Waals surface area (Å²) in [4.78, 5) is 16.5. The molecule has 1 aliphatic heterocycles. The third-order valence-electron chi connectivity index (χ3n) is 5.34. The summed E-state index contributed by atoms with van der Waals surface area (Å²) in [6.45, 7) is 2.87. The van der Waals surface area contributed by atoms with E-state index in [4.69, 9.17) is 4.74 Å². The lowest BCUT2D eigenvalue weighted by atomic mass is 9.95. The Balaban J connectivity index is 1.71. The Labute approximate surface area is 175 Å². The summed E-state index contributed by atoms with van der Waals surface area (Å²) in [5.74, 6) is 0.810. The lowest BCUT2D eigenvalue weighted by Crippen LogP contribution is -2.46. The van der Waals surface area contributed by atoms with Crippen molar-refractivity contribution in [2.45, 2.75) is 38.3 Å². The number of carbonyl (C=O) groups is 1. The Morgan fingerprint density at radius 3 is 2.59 bits per heavy atom. The van der Waals surface area contributed by atoms with Crippen LogP contribution in [0.1, 0.15) is 40.6 Å². The number of benzene rings is 2. The van der Waals surface area contributed by atoms with E-state index < -0.39 is 12.0 Å². The van der Waals surface area contributed by atoms with E-state index in [1.54, 1.807) is 11.3 Å². The fourth-order valence-corrected chi connectivity index (χ4v) is 5.05. The van der Waals surface area contributed by atoms with Gasteiger partial charge < -0.3 is 9.84 Å². The van der Waals surface area contributed by atoms with Crippen LogP contribution in [0.15, 0.2) is 66.7 Å². The molecule has 150 valence electrons. The summed E-state index contributed by atoms with van der Waals surface area (Å²) in [6, 6.07) is 21.4. The Hall–Kier alpha value is -2.63. The van der Waals surface area contributed by atoms with Crippen molar-refractivity contribution in [2.24, 2.45) is 0 Å². The molecular weight excluding hydrogens is 382 g/mol. The topological polar surface area (TPSA) is 49.8 Å². The second kappa shape index (κ2) is 8.80. The van der Waals surface area contributed by atoms with Crippen molar-refractivity contribution in [1.82, 2.24) is 4.90 Å². The number of likely N-dealkylation sites (tertiary alicyclic amines) is 1. The molecule has 0 spiro atoms. The van der Waals surface area contributed by atoms with Gasteiger partial charge in [-0.1, -0.05) is 36.8 Å². The SMILES string of the molecule is Cc1ccc(C(c2cccc(Oc3ccccc3)c2)N2CCCCC2C(=O)O)s1. The van der Waals surface area contributed by atoms with Crippen molar-refractivity contribution in [1.29, 1.82) is 0 Å². The van der Waals surface area contributed by atoms with E-state index in [1.807, 2.05) is 48.5 Å². The molecule has 0 aliphatic carbocycles. The number of nitrogens with zero attached hydrogens (tertiary/aromatic N) is 1. The molecule has 29 heavy (non-hydrogen) atoms. The van der Waals surface area contributed by atoms with Gasteiger partial charge in [0.25, 0.3) is 0 Å². The standard InChI is InChI=1S/C24H25NO3S/c1-17-13-14-22(29-17)23(25-15-6-5-12-21(25)24(26)27)18-8-7-11-20(16-18)28-19-9-3-2-4-10-19/h2-4,7-11,13-14,16,21,23H,5-6,12,15H2,1H3,(H,26,27). The van der Waals surface area contributed by atoms with Crippen molar-refractivity contribution in [3.8, 4) is 11.5 Å². The molecule has 3 aromatic rings. The molecule has 2 heterocycles. The Bertz CT molecular complexity index is 969. The van der Waals surface area contributed by atoms with Gasteiger partial charge in [-0.25, -0.2) is 0 Å². The third-order valence-corrected chi connectivity index (χ3v) is 6.40.